The molecule has 0 radical (unpaired) electrons. The van der Waals surface area contributed by atoms with Gasteiger partial charge in [0.05, 0.1) is 11.4 Å². The minimum Gasteiger partial charge on any atom is -0.325 e. The molecule has 0 aliphatic carbocycles. The quantitative estimate of drug-likeness (QED) is 0.516. The lowest BCUT2D eigenvalue weighted by atomic mass is 10.2. The first-order chi connectivity index (χ1) is 14.3. The van der Waals surface area contributed by atoms with Gasteiger partial charge in [0, 0.05) is 16.7 Å². The number of nitrogens with zero attached hydrogens (tertiary/aromatic N) is 1. The van der Waals surface area contributed by atoms with Gasteiger partial charge in [-0.1, -0.05) is 64.0 Å². The number of anilines is 1. The van der Waals surface area contributed by atoms with E-state index in [0.29, 0.717) is 5.69 Å². The maximum absolute atomic E-state index is 13.3. The van der Waals surface area contributed by atoms with Crippen molar-refractivity contribution in [1.29, 1.82) is 0 Å². The van der Waals surface area contributed by atoms with Crippen LogP contribution in [-0.4, -0.2) is 25.2 Å². The monoisotopic (exact) mass is 486 g/mol. The van der Waals surface area contributed by atoms with Crippen LogP contribution >= 0.6 is 15.9 Å². The number of halogens is 1. The molecule has 0 saturated heterocycles. The number of carbonyl (C=O) groups excluding carboxylic acids is 1. The molecule has 0 heterocycles. The standard InChI is InChI=1S/C23H23BrN2O3S/c1-17-7-13-21(14-8-17)30(28,29)26(15-19-9-11-20(24)12-10-19)16-23(27)25-22-6-4-3-5-18(22)2/h3-14H,15-16H2,1-2H3,(H,25,27). The van der Waals surface area contributed by atoms with Crippen molar-refractivity contribution in [2.24, 2.45) is 0 Å². The number of hydrogen-bond donors (Lipinski definition) is 1. The predicted octanol–water partition coefficient (Wildman–Crippen LogP) is 4.90. The summed E-state index contributed by atoms with van der Waals surface area (Å²) in [6.07, 6.45) is 0. The van der Waals surface area contributed by atoms with E-state index < -0.39 is 15.9 Å². The van der Waals surface area contributed by atoms with Crippen LogP contribution in [0.4, 0.5) is 5.69 Å². The van der Waals surface area contributed by atoms with Crippen molar-refractivity contribution in [1.82, 2.24) is 4.31 Å². The number of carbonyl (C=O) groups is 1. The molecule has 3 aromatic rings. The Morgan fingerprint density at radius 1 is 0.933 bits per heavy atom. The molecule has 156 valence electrons. The van der Waals surface area contributed by atoms with Crippen molar-refractivity contribution in [2.75, 3.05) is 11.9 Å². The van der Waals surface area contributed by atoms with Crippen LogP contribution in [0.15, 0.2) is 82.2 Å². The summed E-state index contributed by atoms with van der Waals surface area (Å²) < 4.78 is 28.7. The zero-order valence-electron chi connectivity index (χ0n) is 16.8. The lowest BCUT2D eigenvalue weighted by Gasteiger charge is -2.22. The molecule has 0 saturated carbocycles. The molecule has 30 heavy (non-hydrogen) atoms. The van der Waals surface area contributed by atoms with Crippen molar-refractivity contribution >= 4 is 37.5 Å². The lowest BCUT2D eigenvalue weighted by Crippen LogP contribution is -2.37. The molecule has 5 nitrogen and oxygen atoms in total. The SMILES string of the molecule is Cc1ccc(S(=O)(=O)N(CC(=O)Nc2ccccc2C)Cc2ccc(Br)cc2)cc1. The predicted molar refractivity (Wildman–Crippen MR) is 123 cm³/mol. The molecule has 0 aliphatic heterocycles. The number of para-hydroxylation sites is 1. The number of aryl methyl sites for hydroxylation is 2. The van der Waals surface area contributed by atoms with Crippen molar-refractivity contribution in [3.05, 3.63) is 94.0 Å². The molecule has 0 aromatic heterocycles. The van der Waals surface area contributed by atoms with Gasteiger partial charge in [0.25, 0.3) is 0 Å². The molecule has 7 heteroatoms. The molecular weight excluding hydrogens is 464 g/mol. The Morgan fingerprint density at radius 3 is 2.20 bits per heavy atom. The van der Waals surface area contributed by atoms with Crippen LogP contribution in [0.25, 0.3) is 0 Å². The highest BCUT2D eigenvalue weighted by Gasteiger charge is 2.27. The third-order valence-corrected chi connectivity index (χ3v) is 7.00. The topological polar surface area (TPSA) is 66.5 Å². The number of sulfonamides is 1. The van der Waals surface area contributed by atoms with E-state index in [1.165, 1.54) is 4.31 Å². The Bertz CT molecular complexity index is 1130. The summed E-state index contributed by atoms with van der Waals surface area (Å²) in [5, 5.41) is 2.82. The minimum atomic E-state index is -3.86. The molecular formula is C23H23BrN2O3S. The number of rotatable bonds is 7. The van der Waals surface area contributed by atoms with E-state index in [4.69, 9.17) is 0 Å². The third kappa shape index (κ3) is 5.56. The number of hydrogen-bond acceptors (Lipinski definition) is 3. The van der Waals surface area contributed by atoms with Crippen LogP contribution < -0.4 is 5.32 Å². The molecule has 0 atom stereocenters. The summed E-state index contributed by atoms with van der Waals surface area (Å²) in [4.78, 5) is 12.9. The fraction of sp³-hybridized carbons (Fsp3) is 0.174. The maximum atomic E-state index is 13.3. The average molecular weight is 487 g/mol. The summed E-state index contributed by atoms with van der Waals surface area (Å²) in [5.41, 5.74) is 3.33. The molecule has 0 spiro atoms. The van der Waals surface area contributed by atoms with Crippen molar-refractivity contribution < 1.29 is 13.2 Å². The Kier molecular flexibility index (Phi) is 7.07. The van der Waals surface area contributed by atoms with Crippen molar-refractivity contribution in [2.45, 2.75) is 25.3 Å². The Balaban J connectivity index is 1.88. The fourth-order valence-corrected chi connectivity index (χ4v) is 4.59. The van der Waals surface area contributed by atoms with Gasteiger partial charge < -0.3 is 5.32 Å². The molecule has 0 unspecified atom stereocenters. The molecule has 3 aromatic carbocycles. The van der Waals surface area contributed by atoms with E-state index in [-0.39, 0.29) is 18.0 Å². The van der Waals surface area contributed by atoms with Gasteiger partial charge in [0.2, 0.25) is 15.9 Å². The normalized spacial score (nSPS) is 11.5. The molecule has 3 rings (SSSR count). The van der Waals surface area contributed by atoms with Gasteiger partial charge in [-0.2, -0.15) is 4.31 Å². The first-order valence-electron chi connectivity index (χ1n) is 9.42. The van der Waals surface area contributed by atoms with E-state index in [1.807, 2.05) is 56.3 Å². The van der Waals surface area contributed by atoms with E-state index >= 15 is 0 Å². The van der Waals surface area contributed by atoms with E-state index in [9.17, 15) is 13.2 Å². The van der Waals surface area contributed by atoms with Crippen LogP contribution in [0.3, 0.4) is 0 Å². The first-order valence-corrected chi connectivity index (χ1v) is 11.7. The summed E-state index contributed by atoms with van der Waals surface area (Å²) >= 11 is 3.38. The Labute approximate surface area is 185 Å². The summed E-state index contributed by atoms with van der Waals surface area (Å²) in [7, 11) is -3.86. The fourth-order valence-electron chi connectivity index (χ4n) is 2.94. The van der Waals surface area contributed by atoms with E-state index in [0.717, 1.165) is 21.2 Å². The highest BCUT2D eigenvalue weighted by atomic mass is 79.9. The molecule has 0 fully saturated rings. The molecule has 0 aliphatic rings. The second-order valence-corrected chi connectivity index (χ2v) is 9.93. The third-order valence-electron chi connectivity index (χ3n) is 4.67. The Morgan fingerprint density at radius 2 is 1.57 bits per heavy atom. The van der Waals surface area contributed by atoms with E-state index in [1.54, 1.807) is 30.3 Å². The minimum absolute atomic E-state index is 0.0880. The van der Waals surface area contributed by atoms with Crippen LogP contribution in [0.2, 0.25) is 0 Å². The largest absolute Gasteiger partial charge is 0.325 e. The van der Waals surface area contributed by atoms with Gasteiger partial charge in [-0.15, -0.1) is 0 Å². The van der Waals surface area contributed by atoms with E-state index in [2.05, 4.69) is 21.2 Å². The van der Waals surface area contributed by atoms with Gasteiger partial charge in [0.1, 0.15) is 0 Å². The Hall–Kier alpha value is -2.48. The van der Waals surface area contributed by atoms with Gasteiger partial charge in [-0.05, 0) is 55.3 Å². The molecule has 1 N–H and O–H groups in total. The highest BCUT2D eigenvalue weighted by molar-refractivity contribution is 9.10. The molecule has 0 bridgehead atoms. The van der Waals surface area contributed by atoms with Crippen molar-refractivity contribution in [3.8, 4) is 0 Å². The van der Waals surface area contributed by atoms with Crippen LogP contribution in [0.1, 0.15) is 16.7 Å². The van der Waals surface area contributed by atoms with Crippen LogP contribution in [0, 0.1) is 13.8 Å². The first kappa shape index (κ1) is 22.2. The van der Waals surface area contributed by atoms with Crippen LogP contribution in [0.5, 0.6) is 0 Å². The summed E-state index contributed by atoms with van der Waals surface area (Å²) in [5.74, 6) is -0.392. The smallest absolute Gasteiger partial charge is 0.243 e. The summed E-state index contributed by atoms with van der Waals surface area (Å²) in [6.45, 7) is 3.58. The van der Waals surface area contributed by atoms with Crippen molar-refractivity contribution in [3.63, 3.8) is 0 Å². The number of amides is 1. The maximum Gasteiger partial charge on any atom is 0.243 e. The zero-order chi connectivity index (χ0) is 21.7. The van der Waals surface area contributed by atoms with Crippen LogP contribution in [-0.2, 0) is 21.4 Å². The average Bonchev–Trinajstić information content (AvgIpc) is 2.71. The number of nitrogens with one attached hydrogen (secondary N) is 1. The summed E-state index contributed by atoms with van der Waals surface area (Å²) in [6, 6.07) is 21.4. The number of benzene rings is 3. The van der Waals surface area contributed by atoms with Gasteiger partial charge in [0.15, 0.2) is 0 Å². The molecule has 1 amide bonds. The second-order valence-electron chi connectivity index (χ2n) is 7.08. The zero-order valence-corrected chi connectivity index (χ0v) is 19.2. The van der Waals surface area contributed by atoms with Gasteiger partial charge in [-0.3, -0.25) is 4.79 Å². The van der Waals surface area contributed by atoms with Gasteiger partial charge in [-0.25, -0.2) is 8.42 Å². The second kappa shape index (κ2) is 9.55. The highest BCUT2D eigenvalue weighted by Crippen LogP contribution is 2.21. The lowest BCUT2D eigenvalue weighted by molar-refractivity contribution is -0.116. The van der Waals surface area contributed by atoms with Gasteiger partial charge >= 0.3 is 0 Å².